The van der Waals surface area contributed by atoms with E-state index in [1.54, 1.807) is 36.4 Å². The molecular formula is C28H23F3N4O5. The summed E-state index contributed by atoms with van der Waals surface area (Å²) >= 11 is 0. The predicted octanol–water partition coefficient (Wildman–Crippen LogP) is 4.93. The molecule has 40 heavy (non-hydrogen) atoms. The second kappa shape index (κ2) is 11.4. The Morgan fingerprint density at radius 2 is 1.93 bits per heavy atom. The molecule has 1 aliphatic heterocycles. The molecule has 2 heterocycles. The minimum atomic E-state index is -4.46. The molecule has 3 aromatic carbocycles. The van der Waals surface area contributed by atoms with Gasteiger partial charge in [0.2, 0.25) is 12.7 Å². The van der Waals surface area contributed by atoms with E-state index in [1.807, 2.05) is 6.07 Å². The van der Waals surface area contributed by atoms with Gasteiger partial charge in [-0.2, -0.15) is 13.2 Å². The van der Waals surface area contributed by atoms with E-state index in [-0.39, 0.29) is 31.5 Å². The zero-order valence-electron chi connectivity index (χ0n) is 21.1. The van der Waals surface area contributed by atoms with Gasteiger partial charge in [-0.05, 0) is 59.7 Å². The first-order chi connectivity index (χ1) is 19.3. The Morgan fingerprint density at radius 1 is 1.07 bits per heavy atom. The van der Waals surface area contributed by atoms with Gasteiger partial charge in [-0.3, -0.25) is 4.79 Å². The highest BCUT2D eigenvalue weighted by Gasteiger charge is 2.30. The second-order valence-corrected chi connectivity index (χ2v) is 8.64. The van der Waals surface area contributed by atoms with Crippen LogP contribution < -0.4 is 24.3 Å². The van der Waals surface area contributed by atoms with Crippen LogP contribution in [0.1, 0.15) is 22.4 Å². The van der Waals surface area contributed by atoms with Crippen molar-refractivity contribution in [2.24, 2.45) is 0 Å². The molecule has 0 saturated heterocycles. The summed E-state index contributed by atoms with van der Waals surface area (Å²) in [5, 5.41) is 10.7. The largest absolute Gasteiger partial charge is 0.493 e. The van der Waals surface area contributed by atoms with Gasteiger partial charge in [-0.15, -0.1) is 5.10 Å². The van der Waals surface area contributed by atoms with Crippen LogP contribution >= 0.6 is 0 Å². The maximum absolute atomic E-state index is 13.0. The normalized spacial score (nSPS) is 12.5. The molecule has 5 rings (SSSR count). The van der Waals surface area contributed by atoms with Gasteiger partial charge < -0.3 is 24.3 Å². The van der Waals surface area contributed by atoms with Crippen LogP contribution in [-0.4, -0.2) is 34.8 Å². The van der Waals surface area contributed by atoms with Gasteiger partial charge in [0.25, 0.3) is 0 Å². The van der Waals surface area contributed by atoms with Crippen LogP contribution in [0.15, 0.2) is 72.9 Å². The van der Waals surface area contributed by atoms with Crippen molar-refractivity contribution in [2.45, 2.75) is 19.3 Å². The molecule has 1 aromatic heterocycles. The molecule has 0 unspecified atom stereocenters. The number of methoxy groups -OCH3 is 1. The smallest absolute Gasteiger partial charge is 0.416 e. The van der Waals surface area contributed by atoms with Crippen molar-refractivity contribution in [3.05, 3.63) is 95.3 Å². The molecule has 206 valence electrons. The molecule has 1 aliphatic rings. The first kappa shape index (κ1) is 26.6. The lowest BCUT2D eigenvalue weighted by Crippen LogP contribution is -2.20. The van der Waals surface area contributed by atoms with Crippen LogP contribution in [0.4, 0.5) is 13.2 Å². The van der Waals surface area contributed by atoms with Crippen molar-refractivity contribution in [3.8, 4) is 28.7 Å². The van der Waals surface area contributed by atoms with E-state index < -0.39 is 11.7 Å². The van der Waals surface area contributed by atoms with Gasteiger partial charge in [0, 0.05) is 12.6 Å². The van der Waals surface area contributed by atoms with Gasteiger partial charge in [0.1, 0.15) is 12.3 Å². The number of rotatable bonds is 9. The second-order valence-electron chi connectivity index (χ2n) is 8.64. The van der Waals surface area contributed by atoms with Crippen LogP contribution in [0.3, 0.4) is 0 Å². The third-order valence-corrected chi connectivity index (χ3v) is 5.87. The SMILES string of the molecule is COc1cc(CNC(=O)/C=C/c2ccc3c(c2)OCO3)ccc1OCc1cn(-c2cccc(C(F)(F)F)c2)nn1. The summed E-state index contributed by atoms with van der Waals surface area (Å²) in [5.41, 5.74) is 1.44. The number of hydrogen-bond donors (Lipinski definition) is 1. The topological polar surface area (TPSA) is 96.7 Å². The van der Waals surface area contributed by atoms with Crippen molar-refractivity contribution in [1.82, 2.24) is 20.3 Å². The predicted molar refractivity (Wildman–Crippen MR) is 137 cm³/mol. The number of hydrogen-bond acceptors (Lipinski definition) is 7. The molecule has 1 N–H and O–H groups in total. The van der Waals surface area contributed by atoms with Crippen molar-refractivity contribution < 1.29 is 36.9 Å². The standard InChI is InChI=1S/C28H23F3N4O5/c1-37-25-12-19(14-32-27(36)10-7-18-5-8-24-26(11-18)40-17-39-24)6-9-23(25)38-16-21-15-35(34-33-21)22-4-2-3-20(13-22)28(29,30)31/h2-13,15H,14,16-17H2,1H3,(H,32,36)/b10-7+. The van der Waals surface area contributed by atoms with E-state index in [4.69, 9.17) is 18.9 Å². The van der Waals surface area contributed by atoms with E-state index in [1.165, 1.54) is 36.2 Å². The van der Waals surface area contributed by atoms with Crippen molar-refractivity contribution in [1.29, 1.82) is 0 Å². The van der Waals surface area contributed by atoms with Crippen molar-refractivity contribution >= 4 is 12.0 Å². The van der Waals surface area contributed by atoms with Gasteiger partial charge in [0.05, 0.1) is 24.6 Å². The third kappa shape index (κ3) is 6.34. The fraction of sp³-hybridized carbons (Fsp3) is 0.179. The summed E-state index contributed by atoms with van der Waals surface area (Å²) in [4.78, 5) is 12.3. The number of fused-ring (bicyclic) bond motifs is 1. The summed E-state index contributed by atoms with van der Waals surface area (Å²) in [6.07, 6.45) is 0.138. The summed E-state index contributed by atoms with van der Waals surface area (Å²) in [5.74, 6) is 1.89. The molecule has 0 fully saturated rings. The van der Waals surface area contributed by atoms with Crippen LogP contribution in [0.5, 0.6) is 23.0 Å². The average molecular weight is 553 g/mol. The maximum atomic E-state index is 13.0. The number of nitrogens with one attached hydrogen (secondary N) is 1. The lowest BCUT2D eigenvalue weighted by Gasteiger charge is -2.11. The number of aromatic nitrogens is 3. The highest BCUT2D eigenvalue weighted by atomic mass is 19.4. The van der Waals surface area contributed by atoms with E-state index >= 15 is 0 Å². The lowest BCUT2D eigenvalue weighted by atomic mass is 10.2. The first-order valence-corrected chi connectivity index (χ1v) is 12.0. The lowest BCUT2D eigenvalue weighted by molar-refractivity contribution is -0.137. The zero-order chi connectivity index (χ0) is 28.1. The summed E-state index contributed by atoms with van der Waals surface area (Å²) < 4.78 is 62.1. The number of carbonyl (C=O) groups excluding carboxylic acids is 1. The highest BCUT2D eigenvalue weighted by molar-refractivity contribution is 5.91. The van der Waals surface area contributed by atoms with Crippen LogP contribution in [-0.2, 0) is 24.1 Å². The molecule has 0 bridgehead atoms. The van der Waals surface area contributed by atoms with E-state index in [0.29, 0.717) is 28.7 Å². The molecule has 0 radical (unpaired) electrons. The van der Waals surface area contributed by atoms with Crippen LogP contribution in [0.25, 0.3) is 11.8 Å². The van der Waals surface area contributed by atoms with Crippen LogP contribution in [0, 0.1) is 0 Å². The summed E-state index contributed by atoms with van der Waals surface area (Å²) in [7, 11) is 1.49. The Hall–Kier alpha value is -5.00. The number of ether oxygens (including phenoxy) is 4. The van der Waals surface area contributed by atoms with Crippen molar-refractivity contribution in [2.75, 3.05) is 13.9 Å². The van der Waals surface area contributed by atoms with E-state index in [9.17, 15) is 18.0 Å². The molecule has 0 atom stereocenters. The Kier molecular flexibility index (Phi) is 7.58. The average Bonchev–Trinajstić information content (AvgIpc) is 3.63. The van der Waals surface area contributed by atoms with Gasteiger partial charge in [-0.1, -0.05) is 23.4 Å². The zero-order valence-corrected chi connectivity index (χ0v) is 21.1. The Morgan fingerprint density at radius 3 is 2.75 bits per heavy atom. The minimum Gasteiger partial charge on any atom is -0.493 e. The number of amides is 1. The third-order valence-electron chi connectivity index (χ3n) is 5.87. The molecular weight excluding hydrogens is 529 g/mol. The molecule has 9 nitrogen and oxygen atoms in total. The fourth-order valence-corrected chi connectivity index (χ4v) is 3.85. The molecule has 0 saturated carbocycles. The molecule has 4 aromatic rings. The van der Waals surface area contributed by atoms with Gasteiger partial charge >= 0.3 is 6.18 Å². The fourth-order valence-electron chi connectivity index (χ4n) is 3.85. The summed E-state index contributed by atoms with van der Waals surface area (Å²) in [6.45, 7) is 0.448. The number of benzene rings is 3. The Bertz CT molecular complexity index is 1550. The first-order valence-electron chi connectivity index (χ1n) is 12.0. The summed E-state index contributed by atoms with van der Waals surface area (Å²) in [6, 6.07) is 15.4. The van der Waals surface area contributed by atoms with Gasteiger partial charge in [0.15, 0.2) is 23.0 Å². The van der Waals surface area contributed by atoms with E-state index in [0.717, 1.165) is 23.3 Å². The molecule has 12 heteroatoms. The maximum Gasteiger partial charge on any atom is 0.416 e. The van der Waals surface area contributed by atoms with Crippen molar-refractivity contribution in [3.63, 3.8) is 0 Å². The number of alkyl halides is 3. The van der Waals surface area contributed by atoms with Gasteiger partial charge in [-0.25, -0.2) is 4.68 Å². The Balaban J connectivity index is 1.16. The quantitative estimate of drug-likeness (QED) is 0.294. The number of halogens is 3. The number of carbonyl (C=O) groups is 1. The van der Waals surface area contributed by atoms with E-state index in [2.05, 4.69) is 15.6 Å². The minimum absolute atomic E-state index is 0.00998. The molecule has 0 spiro atoms. The number of nitrogens with zero attached hydrogens (tertiary/aromatic N) is 3. The Labute approximate surface area is 226 Å². The molecule has 1 amide bonds. The highest BCUT2D eigenvalue weighted by Crippen LogP contribution is 2.33. The molecule has 0 aliphatic carbocycles. The monoisotopic (exact) mass is 552 g/mol. The van der Waals surface area contributed by atoms with Crippen LogP contribution in [0.2, 0.25) is 0 Å².